The van der Waals surface area contributed by atoms with Gasteiger partial charge in [-0.2, -0.15) is 5.10 Å². The summed E-state index contributed by atoms with van der Waals surface area (Å²) in [5.41, 5.74) is 2.76. The molecule has 1 N–H and O–H groups in total. The Morgan fingerprint density at radius 3 is 2.53 bits per heavy atom. The van der Waals surface area contributed by atoms with Gasteiger partial charge in [-0.05, 0) is 32.3 Å². The first-order chi connectivity index (χ1) is 9.05. The van der Waals surface area contributed by atoms with E-state index in [4.69, 9.17) is 0 Å². The van der Waals surface area contributed by atoms with Crippen molar-refractivity contribution in [3.05, 3.63) is 53.9 Å². The van der Waals surface area contributed by atoms with Gasteiger partial charge in [0.15, 0.2) is 0 Å². The Balaban J connectivity index is 1.81. The number of hydrogen-bond donors (Lipinski definition) is 1. The number of benzene rings is 1. The zero-order valence-corrected chi connectivity index (χ0v) is 12.1. The molecule has 0 saturated carbocycles. The van der Waals surface area contributed by atoms with Crippen molar-refractivity contribution in [2.45, 2.75) is 38.8 Å². The van der Waals surface area contributed by atoms with E-state index in [9.17, 15) is 0 Å². The normalized spacial score (nSPS) is 11.7. The molecule has 0 saturated heterocycles. The molecule has 0 fully saturated rings. The SMILES string of the molecule is Cn1cc(CNC(C)(C)CCc2ccccc2)cn1. The van der Waals surface area contributed by atoms with Gasteiger partial charge in [0.2, 0.25) is 0 Å². The molecule has 3 nitrogen and oxygen atoms in total. The third-order valence-corrected chi connectivity index (χ3v) is 3.41. The Labute approximate surface area is 115 Å². The maximum absolute atomic E-state index is 4.19. The number of aromatic nitrogens is 2. The van der Waals surface area contributed by atoms with E-state index in [1.807, 2.05) is 17.9 Å². The van der Waals surface area contributed by atoms with Gasteiger partial charge in [-0.1, -0.05) is 30.3 Å². The zero-order valence-electron chi connectivity index (χ0n) is 12.1. The van der Waals surface area contributed by atoms with Crippen molar-refractivity contribution >= 4 is 0 Å². The Morgan fingerprint density at radius 2 is 1.89 bits per heavy atom. The molecule has 0 aliphatic carbocycles. The second kappa shape index (κ2) is 6.02. The maximum atomic E-state index is 4.19. The molecule has 1 aromatic carbocycles. The predicted molar refractivity (Wildman–Crippen MR) is 78.9 cm³/mol. The Bertz CT molecular complexity index is 500. The van der Waals surface area contributed by atoms with E-state index in [0.717, 1.165) is 19.4 Å². The quantitative estimate of drug-likeness (QED) is 0.862. The van der Waals surface area contributed by atoms with Gasteiger partial charge < -0.3 is 5.32 Å². The van der Waals surface area contributed by atoms with Crippen LogP contribution in [0.5, 0.6) is 0 Å². The highest BCUT2D eigenvalue weighted by Gasteiger charge is 2.16. The van der Waals surface area contributed by atoms with Crippen LogP contribution in [0.2, 0.25) is 0 Å². The van der Waals surface area contributed by atoms with Gasteiger partial charge in [0.25, 0.3) is 0 Å². The first-order valence-corrected chi connectivity index (χ1v) is 6.82. The third kappa shape index (κ3) is 4.52. The molecule has 0 spiro atoms. The van der Waals surface area contributed by atoms with Gasteiger partial charge in [0.1, 0.15) is 0 Å². The second-order valence-corrected chi connectivity index (χ2v) is 5.75. The van der Waals surface area contributed by atoms with Crippen molar-refractivity contribution < 1.29 is 0 Å². The number of nitrogens with zero attached hydrogens (tertiary/aromatic N) is 2. The predicted octanol–water partition coefficient (Wildman–Crippen LogP) is 2.92. The van der Waals surface area contributed by atoms with Crippen LogP contribution in [0, 0.1) is 0 Å². The Morgan fingerprint density at radius 1 is 1.16 bits per heavy atom. The molecular formula is C16H23N3. The molecule has 0 aliphatic heterocycles. The maximum Gasteiger partial charge on any atom is 0.0534 e. The minimum atomic E-state index is 0.131. The van der Waals surface area contributed by atoms with Crippen molar-refractivity contribution in [2.24, 2.45) is 7.05 Å². The van der Waals surface area contributed by atoms with E-state index in [0.29, 0.717) is 0 Å². The van der Waals surface area contributed by atoms with Crippen LogP contribution in [0.1, 0.15) is 31.4 Å². The van der Waals surface area contributed by atoms with Crippen molar-refractivity contribution in [3.8, 4) is 0 Å². The molecule has 2 aromatic rings. The van der Waals surface area contributed by atoms with Gasteiger partial charge in [0, 0.05) is 30.9 Å². The molecule has 3 heteroatoms. The number of hydrogen-bond acceptors (Lipinski definition) is 2. The van der Waals surface area contributed by atoms with Gasteiger partial charge in [-0.15, -0.1) is 0 Å². The summed E-state index contributed by atoms with van der Waals surface area (Å²) in [6.07, 6.45) is 6.20. The summed E-state index contributed by atoms with van der Waals surface area (Å²) in [5.74, 6) is 0. The lowest BCUT2D eigenvalue weighted by Crippen LogP contribution is -2.39. The van der Waals surface area contributed by atoms with Crippen LogP contribution >= 0.6 is 0 Å². The van der Waals surface area contributed by atoms with Gasteiger partial charge in [-0.25, -0.2) is 0 Å². The number of rotatable bonds is 6. The van der Waals surface area contributed by atoms with Crippen LogP contribution < -0.4 is 5.32 Å². The zero-order chi connectivity index (χ0) is 13.7. The largest absolute Gasteiger partial charge is 0.308 e. The summed E-state index contributed by atoms with van der Waals surface area (Å²) >= 11 is 0. The Hall–Kier alpha value is -1.61. The highest BCUT2D eigenvalue weighted by Crippen LogP contribution is 2.14. The van der Waals surface area contributed by atoms with Gasteiger partial charge in [-0.3, -0.25) is 4.68 Å². The second-order valence-electron chi connectivity index (χ2n) is 5.75. The molecule has 0 bridgehead atoms. The van der Waals surface area contributed by atoms with E-state index in [1.165, 1.54) is 11.1 Å². The topological polar surface area (TPSA) is 29.9 Å². The summed E-state index contributed by atoms with van der Waals surface area (Å²) in [4.78, 5) is 0. The highest BCUT2D eigenvalue weighted by atomic mass is 15.2. The van der Waals surface area contributed by atoms with E-state index < -0.39 is 0 Å². The van der Waals surface area contributed by atoms with Gasteiger partial charge in [0.05, 0.1) is 6.20 Å². The van der Waals surface area contributed by atoms with Crippen LogP contribution in [0.25, 0.3) is 0 Å². The molecule has 2 rings (SSSR count). The van der Waals surface area contributed by atoms with Crippen molar-refractivity contribution in [1.82, 2.24) is 15.1 Å². The van der Waals surface area contributed by atoms with E-state index in [2.05, 4.69) is 60.8 Å². The summed E-state index contributed by atoms with van der Waals surface area (Å²) in [5, 5.41) is 7.79. The summed E-state index contributed by atoms with van der Waals surface area (Å²) in [6.45, 7) is 5.38. The molecule has 1 aromatic heterocycles. The van der Waals surface area contributed by atoms with E-state index in [-0.39, 0.29) is 5.54 Å². The van der Waals surface area contributed by atoms with E-state index in [1.54, 1.807) is 0 Å². The van der Waals surface area contributed by atoms with Crippen LogP contribution in [0.15, 0.2) is 42.7 Å². The number of aryl methyl sites for hydroxylation is 2. The summed E-state index contributed by atoms with van der Waals surface area (Å²) in [7, 11) is 1.95. The van der Waals surface area contributed by atoms with Crippen molar-refractivity contribution in [2.75, 3.05) is 0 Å². The molecule has 102 valence electrons. The van der Waals surface area contributed by atoms with Crippen LogP contribution in [-0.4, -0.2) is 15.3 Å². The molecule has 0 unspecified atom stereocenters. The molecule has 0 aliphatic rings. The monoisotopic (exact) mass is 257 g/mol. The molecule has 19 heavy (non-hydrogen) atoms. The lowest BCUT2D eigenvalue weighted by atomic mass is 9.95. The lowest BCUT2D eigenvalue weighted by Gasteiger charge is -2.26. The average Bonchev–Trinajstić information content (AvgIpc) is 2.82. The molecule has 1 heterocycles. The fourth-order valence-corrected chi connectivity index (χ4v) is 2.09. The first kappa shape index (κ1) is 13.8. The molecule has 0 amide bonds. The minimum absolute atomic E-state index is 0.131. The minimum Gasteiger partial charge on any atom is -0.308 e. The Kier molecular flexibility index (Phi) is 4.38. The van der Waals surface area contributed by atoms with Crippen LogP contribution in [-0.2, 0) is 20.0 Å². The summed E-state index contributed by atoms with van der Waals surface area (Å²) in [6, 6.07) is 10.7. The number of nitrogens with one attached hydrogen (secondary N) is 1. The van der Waals surface area contributed by atoms with Crippen molar-refractivity contribution in [3.63, 3.8) is 0 Å². The van der Waals surface area contributed by atoms with Gasteiger partial charge >= 0.3 is 0 Å². The lowest BCUT2D eigenvalue weighted by molar-refractivity contribution is 0.360. The third-order valence-electron chi connectivity index (χ3n) is 3.41. The van der Waals surface area contributed by atoms with Crippen LogP contribution in [0.4, 0.5) is 0 Å². The molecule has 0 radical (unpaired) electrons. The molecular weight excluding hydrogens is 234 g/mol. The van der Waals surface area contributed by atoms with Crippen LogP contribution in [0.3, 0.4) is 0 Å². The van der Waals surface area contributed by atoms with Crippen molar-refractivity contribution in [1.29, 1.82) is 0 Å². The highest BCUT2D eigenvalue weighted by molar-refractivity contribution is 5.15. The fourth-order valence-electron chi connectivity index (χ4n) is 2.09. The fraction of sp³-hybridized carbons (Fsp3) is 0.438. The summed E-state index contributed by atoms with van der Waals surface area (Å²) < 4.78 is 1.84. The molecule has 0 atom stereocenters. The smallest absolute Gasteiger partial charge is 0.0534 e. The first-order valence-electron chi connectivity index (χ1n) is 6.82. The average molecular weight is 257 g/mol. The van der Waals surface area contributed by atoms with E-state index >= 15 is 0 Å². The standard InChI is InChI=1S/C16H23N3/c1-16(2,10-9-14-7-5-4-6-8-14)17-11-15-12-18-19(3)13-15/h4-8,12-13,17H,9-11H2,1-3H3.